The fourth-order valence-electron chi connectivity index (χ4n) is 3.40. The second kappa shape index (κ2) is 10.8. The lowest BCUT2D eigenvalue weighted by Gasteiger charge is -2.38. The summed E-state index contributed by atoms with van der Waals surface area (Å²) in [5.41, 5.74) is 0.476. The number of piperidine rings is 1. The van der Waals surface area contributed by atoms with E-state index in [0.29, 0.717) is 16.5 Å². The molecular formula is C20H28F2N4O4S. The molecule has 0 spiro atoms. The Bertz CT molecular complexity index is 842. The number of amidine groups is 1. The molecule has 0 aromatic carbocycles. The van der Waals surface area contributed by atoms with Crippen molar-refractivity contribution in [1.82, 2.24) is 15.2 Å². The van der Waals surface area contributed by atoms with Crippen LogP contribution in [-0.2, 0) is 14.3 Å². The molecule has 2 aliphatic rings. The number of alkyl halides is 2. The highest BCUT2D eigenvalue weighted by Gasteiger charge is 2.43. The summed E-state index contributed by atoms with van der Waals surface area (Å²) in [7, 11) is 1.22. The molecule has 0 radical (unpaired) electrons. The number of hydrogen-bond donors (Lipinski definition) is 2. The largest absolute Gasteiger partial charge is 0.480 e. The number of ether oxygens (including phenoxy) is 1. The molecule has 3 rings (SSSR count). The lowest BCUT2D eigenvalue weighted by molar-refractivity contribution is -0.151. The molecule has 1 aromatic heterocycles. The van der Waals surface area contributed by atoms with Crippen LogP contribution in [0.5, 0.6) is 0 Å². The molecule has 1 saturated heterocycles. The van der Waals surface area contributed by atoms with Gasteiger partial charge in [0.25, 0.3) is 5.92 Å². The Morgan fingerprint density at radius 3 is 2.65 bits per heavy atom. The van der Waals surface area contributed by atoms with E-state index in [2.05, 4.69) is 29.1 Å². The highest BCUT2D eigenvalue weighted by atomic mass is 32.1. The Balaban J connectivity index is 0.00000107. The molecule has 2 atom stereocenters. The molecule has 0 amide bonds. The molecule has 11 heteroatoms. The number of aliphatic imine (C=N–C) groups is 1. The number of nitrogens with one attached hydrogen (secondary N) is 1. The van der Waals surface area contributed by atoms with Crippen molar-refractivity contribution in [3.05, 3.63) is 27.9 Å². The van der Waals surface area contributed by atoms with Crippen LogP contribution in [0.25, 0.3) is 0 Å². The number of aliphatic carboxylic acids is 1. The summed E-state index contributed by atoms with van der Waals surface area (Å²) in [6.45, 7) is 5.05. The summed E-state index contributed by atoms with van der Waals surface area (Å²) in [5, 5.41) is 14.8. The number of aromatic nitrogens is 1. The zero-order valence-corrected chi connectivity index (χ0v) is 18.8. The predicted octanol–water partition coefficient (Wildman–Crippen LogP) is 2.91. The van der Waals surface area contributed by atoms with Crippen LogP contribution in [0.3, 0.4) is 0 Å². The van der Waals surface area contributed by atoms with E-state index in [-0.39, 0.29) is 18.5 Å². The number of carbonyl (C=O) groups is 2. The number of hydrogen-bond acceptors (Lipinski definition) is 8. The average Bonchev–Trinajstić information content (AvgIpc) is 3.22. The SMILES string of the molecule is CCC.COC(=O)C1=C(CN2CC(F)(F)CCC2C(=O)O)NC(c2nccs2)=NC1C. The number of nitrogens with zero attached hydrogens (tertiary/aromatic N) is 3. The summed E-state index contributed by atoms with van der Waals surface area (Å²) >= 11 is 1.33. The molecule has 0 aliphatic carbocycles. The molecule has 31 heavy (non-hydrogen) atoms. The van der Waals surface area contributed by atoms with Crippen molar-refractivity contribution in [1.29, 1.82) is 0 Å². The number of carboxylic acids is 1. The molecule has 172 valence electrons. The number of carbonyl (C=O) groups excluding carboxylic acids is 1. The van der Waals surface area contributed by atoms with Crippen molar-refractivity contribution < 1.29 is 28.2 Å². The Labute approximate surface area is 184 Å². The maximum absolute atomic E-state index is 13.9. The maximum Gasteiger partial charge on any atom is 0.337 e. The predicted molar refractivity (Wildman–Crippen MR) is 113 cm³/mol. The standard InChI is InChI=1S/C17H20F2N4O4S.C3H8/c1-9-12(16(26)27-2)10(22-13(21-9)14-20-5-6-28-14)7-23-8-17(18,19)4-3-11(23)15(24)25;1-3-2/h5-6,9,11H,3-4,7-8H2,1-2H3,(H,21,22)(H,24,25);3H2,1-2H3. The van der Waals surface area contributed by atoms with Crippen LogP contribution in [0, 0.1) is 0 Å². The van der Waals surface area contributed by atoms with Gasteiger partial charge in [-0.25, -0.2) is 18.6 Å². The van der Waals surface area contributed by atoms with E-state index in [4.69, 9.17) is 4.74 Å². The Morgan fingerprint density at radius 1 is 1.42 bits per heavy atom. The van der Waals surface area contributed by atoms with Crippen molar-refractivity contribution in [3.8, 4) is 0 Å². The van der Waals surface area contributed by atoms with E-state index in [1.165, 1.54) is 29.8 Å². The van der Waals surface area contributed by atoms with Crippen LogP contribution in [-0.4, -0.2) is 71.0 Å². The average molecular weight is 459 g/mol. The molecule has 3 heterocycles. The Hall–Kier alpha value is -2.40. The first-order valence-corrected chi connectivity index (χ1v) is 10.9. The quantitative estimate of drug-likeness (QED) is 0.654. The van der Waals surface area contributed by atoms with Crippen LogP contribution >= 0.6 is 11.3 Å². The zero-order valence-electron chi connectivity index (χ0n) is 18.0. The third kappa shape index (κ3) is 6.30. The van der Waals surface area contributed by atoms with Gasteiger partial charge in [-0.1, -0.05) is 20.3 Å². The second-order valence-corrected chi connectivity index (χ2v) is 8.26. The van der Waals surface area contributed by atoms with Gasteiger partial charge in [0.1, 0.15) is 6.04 Å². The van der Waals surface area contributed by atoms with Crippen molar-refractivity contribution >= 4 is 29.1 Å². The number of thiazole rings is 1. The van der Waals surface area contributed by atoms with Gasteiger partial charge in [-0.15, -0.1) is 11.3 Å². The molecule has 1 aromatic rings. The summed E-state index contributed by atoms with van der Waals surface area (Å²) in [4.78, 5) is 33.6. The first-order valence-electron chi connectivity index (χ1n) is 10.0. The van der Waals surface area contributed by atoms with Crippen molar-refractivity contribution in [2.45, 2.75) is 58.0 Å². The summed E-state index contributed by atoms with van der Waals surface area (Å²) in [6, 6.07) is -1.67. The number of halogens is 2. The Kier molecular flexibility index (Phi) is 8.63. The molecule has 0 saturated carbocycles. The molecule has 0 bridgehead atoms. The van der Waals surface area contributed by atoms with Gasteiger partial charge in [-0.2, -0.15) is 0 Å². The molecule has 8 nitrogen and oxygen atoms in total. The zero-order chi connectivity index (χ0) is 23.2. The summed E-state index contributed by atoms with van der Waals surface area (Å²) in [5.74, 6) is -4.41. The molecule has 2 aliphatic heterocycles. The minimum Gasteiger partial charge on any atom is -0.480 e. The first-order chi connectivity index (χ1) is 14.6. The summed E-state index contributed by atoms with van der Waals surface area (Å²) < 4.78 is 32.7. The Morgan fingerprint density at radius 2 is 2.10 bits per heavy atom. The van der Waals surface area contributed by atoms with Crippen LogP contribution < -0.4 is 5.32 Å². The van der Waals surface area contributed by atoms with Crippen molar-refractivity contribution in [2.75, 3.05) is 20.2 Å². The minimum atomic E-state index is -3.00. The van der Waals surface area contributed by atoms with Crippen LogP contribution in [0.2, 0.25) is 0 Å². The van der Waals surface area contributed by atoms with Crippen LogP contribution in [0.4, 0.5) is 8.78 Å². The van der Waals surface area contributed by atoms with Gasteiger partial charge in [-0.3, -0.25) is 14.7 Å². The fraction of sp³-hybridized carbons (Fsp3) is 0.600. The van der Waals surface area contributed by atoms with E-state index < -0.39 is 42.9 Å². The number of rotatable bonds is 5. The van der Waals surface area contributed by atoms with Crippen LogP contribution in [0.15, 0.2) is 27.8 Å². The van der Waals surface area contributed by atoms with Crippen molar-refractivity contribution in [3.63, 3.8) is 0 Å². The molecular weight excluding hydrogens is 430 g/mol. The number of methoxy groups -OCH3 is 1. The number of likely N-dealkylation sites (tertiary alicyclic amines) is 1. The van der Waals surface area contributed by atoms with Gasteiger partial charge in [0.15, 0.2) is 10.8 Å². The van der Waals surface area contributed by atoms with E-state index in [1.54, 1.807) is 18.5 Å². The molecule has 2 N–H and O–H groups in total. The minimum absolute atomic E-state index is 0.174. The highest BCUT2D eigenvalue weighted by Crippen LogP contribution is 2.31. The normalized spacial score (nSPS) is 23.2. The highest BCUT2D eigenvalue weighted by molar-refractivity contribution is 7.11. The van der Waals surface area contributed by atoms with E-state index >= 15 is 0 Å². The third-order valence-electron chi connectivity index (χ3n) is 4.68. The smallest absolute Gasteiger partial charge is 0.337 e. The van der Waals surface area contributed by atoms with Gasteiger partial charge in [0, 0.05) is 30.2 Å². The van der Waals surface area contributed by atoms with Gasteiger partial charge in [-0.05, 0) is 13.3 Å². The molecule has 2 unspecified atom stereocenters. The van der Waals surface area contributed by atoms with Gasteiger partial charge < -0.3 is 15.2 Å². The maximum atomic E-state index is 13.9. The summed E-state index contributed by atoms with van der Waals surface area (Å²) in [6.07, 6.45) is 2.19. The van der Waals surface area contributed by atoms with Gasteiger partial charge in [0.05, 0.1) is 25.3 Å². The topological polar surface area (TPSA) is 104 Å². The first kappa shape index (κ1) is 24.9. The fourth-order valence-corrected chi connectivity index (χ4v) is 3.98. The van der Waals surface area contributed by atoms with E-state index in [0.717, 1.165) is 0 Å². The van der Waals surface area contributed by atoms with Gasteiger partial charge >= 0.3 is 11.9 Å². The lowest BCUT2D eigenvalue weighted by Crippen LogP contribution is -2.54. The van der Waals surface area contributed by atoms with Gasteiger partial charge in [0.2, 0.25) is 0 Å². The second-order valence-electron chi connectivity index (χ2n) is 7.36. The van der Waals surface area contributed by atoms with Crippen molar-refractivity contribution in [2.24, 2.45) is 4.99 Å². The number of esters is 1. The lowest BCUT2D eigenvalue weighted by atomic mass is 9.97. The number of carboxylic acid groups (broad SMARTS) is 1. The van der Waals surface area contributed by atoms with E-state index in [1.807, 2.05) is 0 Å². The third-order valence-corrected chi connectivity index (χ3v) is 5.46. The molecule has 1 fully saturated rings. The van der Waals surface area contributed by atoms with Crippen LogP contribution in [0.1, 0.15) is 45.0 Å². The monoisotopic (exact) mass is 458 g/mol. The van der Waals surface area contributed by atoms with E-state index in [9.17, 15) is 23.5 Å².